The molecule has 4 aromatic rings. The number of H-pyrrole nitrogens is 1. The zero-order valence-electron chi connectivity index (χ0n) is 15.1. The molecule has 11 heteroatoms. The number of amides is 1. The van der Waals surface area contributed by atoms with E-state index in [1.54, 1.807) is 22.9 Å². The van der Waals surface area contributed by atoms with Crippen molar-refractivity contribution in [2.75, 3.05) is 0 Å². The van der Waals surface area contributed by atoms with Gasteiger partial charge in [0.2, 0.25) is 0 Å². The lowest BCUT2D eigenvalue weighted by molar-refractivity contribution is 0.0946. The summed E-state index contributed by atoms with van der Waals surface area (Å²) in [4.78, 5) is 12.4. The summed E-state index contributed by atoms with van der Waals surface area (Å²) >= 11 is 0. The number of benzene rings is 1. The van der Waals surface area contributed by atoms with Crippen LogP contribution in [0.25, 0.3) is 11.5 Å². The summed E-state index contributed by atoms with van der Waals surface area (Å²) in [5.74, 6) is -0.217. The van der Waals surface area contributed by atoms with E-state index in [0.717, 1.165) is 22.6 Å². The molecule has 1 amide bonds. The highest BCUT2D eigenvalue weighted by atomic mass is 19.1. The first-order valence-electron chi connectivity index (χ1n) is 8.41. The number of nitrogens with zero attached hydrogens (tertiary/aromatic N) is 7. The Morgan fingerprint density at radius 1 is 1.25 bits per heavy atom. The van der Waals surface area contributed by atoms with Crippen molar-refractivity contribution in [3.05, 3.63) is 65.1 Å². The molecule has 2 N–H and O–H groups in total. The summed E-state index contributed by atoms with van der Waals surface area (Å²) in [5.41, 5.74) is 3.56. The summed E-state index contributed by atoms with van der Waals surface area (Å²) in [7, 11) is 0. The number of aryl methyl sites for hydroxylation is 1. The molecule has 28 heavy (non-hydrogen) atoms. The molecule has 0 atom stereocenters. The normalized spacial score (nSPS) is 11.0. The van der Waals surface area contributed by atoms with Gasteiger partial charge in [-0.25, -0.2) is 9.07 Å². The van der Waals surface area contributed by atoms with Crippen LogP contribution in [0.3, 0.4) is 0 Å². The van der Waals surface area contributed by atoms with Crippen molar-refractivity contribution in [2.45, 2.75) is 20.4 Å². The fourth-order valence-electron chi connectivity index (χ4n) is 2.84. The minimum atomic E-state index is -0.319. The van der Waals surface area contributed by atoms with E-state index in [1.165, 1.54) is 23.1 Å². The largest absolute Gasteiger partial charge is 0.347 e. The van der Waals surface area contributed by atoms with Crippen molar-refractivity contribution in [1.29, 1.82) is 0 Å². The van der Waals surface area contributed by atoms with E-state index < -0.39 is 0 Å². The molecule has 4 rings (SSSR count). The van der Waals surface area contributed by atoms with Gasteiger partial charge in [-0.3, -0.25) is 9.89 Å². The van der Waals surface area contributed by atoms with Crippen molar-refractivity contribution in [3.63, 3.8) is 0 Å². The van der Waals surface area contributed by atoms with Crippen LogP contribution in [0.5, 0.6) is 0 Å². The first-order chi connectivity index (χ1) is 13.5. The van der Waals surface area contributed by atoms with Gasteiger partial charge in [0.1, 0.15) is 17.8 Å². The zero-order valence-corrected chi connectivity index (χ0v) is 15.1. The monoisotopic (exact) mass is 381 g/mol. The van der Waals surface area contributed by atoms with Crippen LogP contribution < -0.4 is 5.32 Å². The molecule has 3 heterocycles. The van der Waals surface area contributed by atoms with Crippen LogP contribution in [0.4, 0.5) is 4.39 Å². The van der Waals surface area contributed by atoms with Gasteiger partial charge >= 0.3 is 0 Å². The molecule has 0 saturated heterocycles. The SMILES string of the molecule is Cc1nn(-c2ccc(F)cc2)c(C)c1CNC(=O)c1cc(-n2cnnn2)n[nH]1. The van der Waals surface area contributed by atoms with Crippen LogP contribution in [-0.4, -0.2) is 46.1 Å². The summed E-state index contributed by atoms with van der Waals surface area (Å²) in [6, 6.07) is 7.62. The number of tetrazole rings is 1. The van der Waals surface area contributed by atoms with Gasteiger partial charge in [0, 0.05) is 23.9 Å². The minimum absolute atomic E-state index is 0.284. The Labute approximate surface area is 158 Å². The van der Waals surface area contributed by atoms with Crippen molar-refractivity contribution in [3.8, 4) is 11.5 Å². The number of halogens is 1. The van der Waals surface area contributed by atoms with Crippen molar-refractivity contribution in [1.82, 2.24) is 45.5 Å². The topological polar surface area (TPSA) is 119 Å². The molecule has 0 aliphatic rings. The molecule has 142 valence electrons. The average molecular weight is 381 g/mol. The second kappa shape index (κ2) is 7.02. The van der Waals surface area contributed by atoms with E-state index in [1.807, 2.05) is 13.8 Å². The third kappa shape index (κ3) is 3.24. The molecular weight excluding hydrogens is 365 g/mol. The number of hydrogen-bond donors (Lipinski definition) is 2. The van der Waals surface area contributed by atoms with Crippen LogP contribution in [0.15, 0.2) is 36.7 Å². The zero-order chi connectivity index (χ0) is 19.7. The quantitative estimate of drug-likeness (QED) is 0.537. The number of aromatic amines is 1. The molecule has 3 aromatic heterocycles. The van der Waals surface area contributed by atoms with Crippen LogP contribution in [0.2, 0.25) is 0 Å². The Hall–Kier alpha value is -3.89. The summed E-state index contributed by atoms with van der Waals surface area (Å²) in [5, 5.41) is 24.8. The molecule has 10 nitrogen and oxygen atoms in total. The van der Waals surface area contributed by atoms with Gasteiger partial charge in [0.05, 0.1) is 11.4 Å². The Kier molecular flexibility index (Phi) is 4.39. The van der Waals surface area contributed by atoms with Crippen molar-refractivity contribution in [2.24, 2.45) is 0 Å². The Morgan fingerprint density at radius 2 is 2.04 bits per heavy atom. The highest BCUT2D eigenvalue weighted by Gasteiger charge is 2.16. The lowest BCUT2D eigenvalue weighted by Crippen LogP contribution is -2.23. The number of aromatic nitrogens is 8. The third-order valence-corrected chi connectivity index (χ3v) is 4.33. The fraction of sp³-hybridized carbons (Fsp3) is 0.176. The Bertz CT molecular complexity index is 1110. The highest BCUT2D eigenvalue weighted by Crippen LogP contribution is 2.18. The van der Waals surface area contributed by atoms with Crippen molar-refractivity contribution >= 4 is 5.91 Å². The molecule has 0 aliphatic carbocycles. The van der Waals surface area contributed by atoms with Crippen LogP contribution >= 0.6 is 0 Å². The second-order valence-electron chi connectivity index (χ2n) is 6.11. The van der Waals surface area contributed by atoms with E-state index in [0.29, 0.717) is 5.82 Å². The van der Waals surface area contributed by atoms with Crippen LogP contribution in [0.1, 0.15) is 27.4 Å². The molecule has 1 aromatic carbocycles. The molecule has 0 saturated carbocycles. The average Bonchev–Trinajstić information content (AvgIpc) is 3.42. The van der Waals surface area contributed by atoms with Gasteiger partial charge in [-0.2, -0.15) is 14.9 Å². The predicted molar refractivity (Wildman–Crippen MR) is 95.5 cm³/mol. The number of nitrogens with one attached hydrogen (secondary N) is 2. The van der Waals surface area contributed by atoms with Gasteiger partial charge in [-0.1, -0.05) is 0 Å². The number of rotatable bonds is 5. The van der Waals surface area contributed by atoms with E-state index in [2.05, 4.69) is 36.1 Å². The predicted octanol–water partition coefficient (Wildman–Crippen LogP) is 1.26. The van der Waals surface area contributed by atoms with E-state index in [-0.39, 0.29) is 24.0 Å². The van der Waals surface area contributed by atoms with Crippen molar-refractivity contribution < 1.29 is 9.18 Å². The molecule has 0 fully saturated rings. The number of carbonyl (C=O) groups is 1. The van der Waals surface area contributed by atoms with Gasteiger partial charge in [0.25, 0.3) is 5.91 Å². The molecular formula is C17H16FN9O. The maximum absolute atomic E-state index is 13.2. The van der Waals surface area contributed by atoms with Crippen LogP contribution in [-0.2, 0) is 6.54 Å². The lowest BCUT2D eigenvalue weighted by atomic mass is 10.2. The first-order valence-corrected chi connectivity index (χ1v) is 8.41. The molecule has 0 spiro atoms. The summed E-state index contributed by atoms with van der Waals surface area (Å²) in [6.45, 7) is 4.05. The smallest absolute Gasteiger partial charge is 0.269 e. The summed E-state index contributed by atoms with van der Waals surface area (Å²) < 4.78 is 16.2. The van der Waals surface area contributed by atoms with Gasteiger partial charge in [-0.15, -0.1) is 5.10 Å². The first kappa shape index (κ1) is 17.5. The second-order valence-corrected chi connectivity index (χ2v) is 6.11. The van der Waals surface area contributed by atoms with E-state index in [4.69, 9.17) is 0 Å². The maximum Gasteiger partial charge on any atom is 0.269 e. The van der Waals surface area contributed by atoms with Gasteiger partial charge in [-0.05, 0) is 48.5 Å². The third-order valence-electron chi connectivity index (χ3n) is 4.33. The minimum Gasteiger partial charge on any atom is -0.347 e. The molecule has 0 radical (unpaired) electrons. The Balaban J connectivity index is 1.49. The molecule has 0 unspecified atom stereocenters. The van der Waals surface area contributed by atoms with Crippen LogP contribution in [0, 0.1) is 19.7 Å². The number of hydrogen-bond acceptors (Lipinski definition) is 6. The van der Waals surface area contributed by atoms with Gasteiger partial charge < -0.3 is 5.32 Å². The highest BCUT2D eigenvalue weighted by molar-refractivity contribution is 5.92. The maximum atomic E-state index is 13.2. The van der Waals surface area contributed by atoms with E-state index >= 15 is 0 Å². The van der Waals surface area contributed by atoms with Gasteiger partial charge in [0.15, 0.2) is 5.82 Å². The molecule has 0 bridgehead atoms. The summed E-state index contributed by atoms with van der Waals surface area (Å²) in [6.07, 6.45) is 1.38. The lowest BCUT2D eigenvalue weighted by Gasteiger charge is -2.06. The fourth-order valence-corrected chi connectivity index (χ4v) is 2.84. The Morgan fingerprint density at radius 3 is 2.75 bits per heavy atom. The standard InChI is InChI=1S/C17H16FN9O/c1-10-14(11(2)27(23-10)13-5-3-12(18)4-6-13)8-19-17(28)15-7-16(22-21-15)26-9-20-24-25-26/h3-7,9H,8H2,1-2H3,(H,19,28)(H,21,22). The van der Waals surface area contributed by atoms with E-state index in [9.17, 15) is 9.18 Å². The number of carbonyl (C=O) groups excluding carboxylic acids is 1. The molecule has 0 aliphatic heterocycles.